The summed E-state index contributed by atoms with van der Waals surface area (Å²) in [6.45, 7) is 0. The van der Waals surface area contributed by atoms with Crippen molar-refractivity contribution in [2.24, 2.45) is 0 Å². The lowest BCUT2D eigenvalue weighted by Gasteiger charge is -2.04. The molecule has 0 unspecified atom stereocenters. The highest BCUT2D eigenvalue weighted by Gasteiger charge is 2.06. The van der Waals surface area contributed by atoms with Gasteiger partial charge in [0.05, 0.1) is 6.26 Å². The van der Waals surface area contributed by atoms with Crippen molar-refractivity contribution in [3.05, 3.63) is 71.6 Å². The lowest BCUT2D eigenvalue weighted by Crippen LogP contribution is -2.10. The number of hydrogen-bond acceptors (Lipinski definition) is 3. The van der Waals surface area contributed by atoms with E-state index in [2.05, 4.69) is 4.72 Å². The summed E-state index contributed by atoms with van der Waals surface area (Å²) in [5.74, 6) is -0.685. The van der Waals surface area contributed by atoms with E-state index < -0.39 is 10.0 Å². The Bertz CT molecular complexity index is 829. The van der Waals surface area contributed by atoms with Gasteiger partial charge >= 0.3 is 0 Å². The first-order chi connectivity index (χ1) is 10.3. The van der Waals surface area contributed by atoms with Gasteiger partial charge in [0.15, 0.2) is 5.78 Å². The van der Waals surface area contributed by atoms with E-state index in [0.717, 1.165) is 6.26 Å². The number of halogens is 1. The number of rotatable bonds is 5. The maximum absolute atomic E-state index is 13.0. The van der Waals surface area contributed by atoms with Crippen LogP contribution < -0.4 is 4.72 Å². The summed E-state index contributed by atoms with van der Waals surface area (Å²) < 4.78 is 37.7. The van der Waals surface area contributed by atoms with E-state index in [9.17, 15) is 17.6 Å². The fraction of sp³-hybridized carbons (Fsp3) is 0.0625. The van der Waals surface area contributed by atoms with Gasteiger partial charge in [0, 0.05) is 11.3 Å². The van der Waals surface area contributed by atoms with Crippen molar-refractivity contribution >= 4 is 27.6 Å². The van der Waals surface area contributed by atoms with Crippen molar-refractivity contribution in [2.45, 2.75) is 0 Å². The summed E-state index contributed by atoms with van der Waals surface area (Å²) in [5, 5.41) is 0. The zero-order chi connectivity index (χ0) is 16.2. The predicted octanol–water partition coefficient (Wildman–Crippen LogP) is 3.09. The molecule has 0 bridgehead atoms. The molecule has 22 heavy (non-hydrogen) atoms. The van der Waals surface area contributed by atoms with Crippen LogP contribution in [0.2, 0.25) is 0 Å². The Hall–Kier alpha value is -2.47. The van der Waals surface area contributed by atoms with Crippen LogP contribution >= 0.6 is 0 Å². The zero-order valence-electron chi connectivity index (χ0n) is 11.8. The van der Waals surface area contributed by atoms with Crippen molar-refractivity contribution in [1.29, 1.82) is 0 Å². The summed E-state index contributed by atoms with van der Waals surface area (Å²) in [6.07, 6.45) is 3.85. The Morgan fingerprint density at radius 3 is 2.55 bits per heavy atom. The minimum atomic E-state index is -3.40. The topological polar surface area (TPSA) is 63.2 Å². The lowest BCUT2D eigenvalue weighted by atomic mass is 10.1. The lowest BCUT2D eigenvalue weighted by molar-refractivity contribution is 0.104. The molecule has 0 amide bonds. The number of nitrogens with one attached hydrogen (secondary N) is 1. The Balaban J connectivity index is 2.18. The van der Waals surface area contributed by atoms with Crippen LogP contribution in [0.1, 0.15) is 15.9 Å². The van der Waals surface area contributed by atoms with Crippen LogP contribution in [0.15, 0.2) is 54.6 Å². The average molecular weight is 319 g/mol. The molecule has 0 saturated heterocycles. The van der Waals surface area contributed by atoms with Gasteiger partial charge < -0.3 is 0 Å². The van der Waals surface area contributed by atoms with E-state index >= 15 is 0 Å². The maximum atomic E-state index is 13.0. The minimum Gasteiger partial charge on any atom is -0.289 e. The first-order valence-electron chi connectivity index (χ1n) is 6.39. The molecule has 4 nitrogen and oxygen atoms in total. The quantitative estimate of drug-likeness (QED) is 0.680. The van der Waals surface area contributed by atoms with Crippen molar-refractivity contribution in [3.63, 3.8) is 0 Å². The van der Waals surface area contributed by atoms with Crippen LogP contribution in [0, 0.1) is 5.82 Å². The molecule has 0 atom stereocenters. The molecule has 0 saturated carbocycles. The molecule has 1 N–H and O–H groups in total. The van der Waals surface area contributed by atoms with Crippen LogP contribution in [0.3, 0.4) is 0 Å². The third-order valence-electron chi connectivity index (χ3n) is 2.73. The second kappa shape index (κ2) is 6.53. The van der Waals surface area contributed by atoms with E-state index in [4.69, 9.17) is 0 Å². The third kappa shape index (κ3) is 4.82. The highest BCUT2D eigenvalue weighted by molar-refractivity contribution is 7.92. The fourth-order valence-corrected chi connectivity index (χ4v) is 2.38. The van der Waals surface area contributed by atoms with Gasteiger partial charge in [-0.15, -0.1) is 0 Å². The molecular formula is C16H14FNO3S. The van der Waals surface area contributed by atoms with E-state index in [1.807, 2.05) is 0 Å². The van der Waals surface area contributed by atoms with Gasteiger partial charge in [-0.2, -0.15) is 0 Å². The van der Waals surface area contributed by atoms with Crippen molar-refractivity contribution in [2.75, 3.05) is 11.0 Å². The molecule has 0 fully saturated rings. The summed E-state index contributed by atoms with van der Waals surface area (Å²) in [7, 11) is -3.40. The van der Waals surface area contributed by atoms with Gasteiger partial charge in [0.25, 0.3) is 0 Å². The van der Waals surface area contributed by atoms with E-state index in [0.29, 0.717) is 16.8 Å². The highest BCUT2D eigenvalue weighted by Crippen LogP contribution is 2.14. The summed E-state index contributed by atoms with van der Waals surface area (Å²) in [6, 6.07) is 12.0. The van der Waals surface area contributed by atoms with Crippen LogP contribution in [0.4, 0.5) is 10.1 Å². The van der Waals surface area contributed by atoms with Gasteiger partial charge in [-0.25, -0.2) is 12.8 Å². The molecular weight excluding hydrogens is 305 g/mol. The molecule has 2 aromatic rings. The molecule has 2 rings (SSSR count). The highest BCUT2D eigenvalue weighted by atomic mass is 32.2. The molecule has 0 aromatic heterocycles. The molecule has 0 aliphatic heterocycles. The van der Waals surface area contributed by atoms with Gasteiger partial charge in [-0.1, -0.05) is 30.3 Å². The number of sulfonamides is 1. The fourth-order valence-electron chi connectivity index (χ4n) is 1.83. The third-order valence-corrected chi connectivity index (χ3v) is 3.33. The number of ketones is 1. The zero-order valence-corrected chi connectivity index (χ0v) is 12.6. The molecule has 114 valence electrons. The monoisotopic (exact) mass is 319 g/mol. The van der Waals surface area contributed by atoms with Crippen molar-refractivity contribution < 1.29 is 17.6 Å². The Morgan fingerprint density at radius 1 is 1.14 bits per heavy atom. The molecule has 2 aromatic carbocycles. The number of hydrogen-bond donors (Lipinski definition) is 1. The summed E-state index contributed by atoms with van der Waals surface area (Å²) in [4.78, 5) is 12.1. The van der Waals surface area contributed by atoms with E-state index in [1.54, 1.807) is 30.3 Å². The molecule has 0 radical (unpaired) electrons. The van der Waals surface area contributed by atoms with Gasteiger partial charge in [-0.05, 0) is 35.9 Å². The van der Waals surface area contributed by atoms with Gasteiger partial charge in [0.1, 0.15) is 5.82 Å². The number of carbonyl (C=O) groups excluding carboxylic acids is 1. The second-order valence-corrected chi connectivity index (χ2v) is 6.46. The Labute approximate surface area is 128 Å². The number of benzene rings is 2. The van der Waals surface area contributed by atoms with E-state index in [-0.39, 0.29) is 11.6 Å². The normalized spacial score (nSPS) is 11.5. The first-order valence-corrected chi connectivity index (χ1v) is 8.28. The van der Waals surface area contributed by atoms with Crippen LogP contribution in [0.5, 0.6) is 0 Å². The van der Waals surface area contributed by atoms with Gasteiger partial charge in [0.2, 0.25) is 10.0 Å². The summed E-state index contributed by atoms with van der Waals surface area (Å²) >= 11 is 0. The van der Waals surface area contributed by atoms with Crippen molar-refractivity contribution in [1.82, 2.24) is 0 Å². The Morgan fingerprint density at radius 2 is 1.86 bits per heavy atom. The van der Waals surface area contributed by atoms with Crippen LogP contribution in [-0.2, 0) is 10.0 Å². The number of allylic oxidation sites excluding steroid dienone is 1. The molecule has 0 aliphatic carbocycles. The molecule has 0 aliphatic rings. The van der Waals surface area contributed by atoms with Gasteiger partial charge in [-0.3, -0.25) is 9.52 Å². The van der Waals surface area contributed by atoms with Crippen LogP contribution in [-0.4, -0.2) is 20.5 Å². The van der Waals surface area contributed by atoms with E-state index in [1.165, 1.54) is 30.4 Å². The largest absolute Gasteiger partial charge is 0.289 e. The molecule has 0 spiro atoms. The standard InChI is InChI=1S/C16H14FNO3S/c1-22(20,21)18-15-7-3-5-13(11-15)16(19)9-8-12-4-2-6-14(17)10-12/h2-11,18H,1H3. The average Bonchev–Trinajstić information content (AvgIpc) is 2.43. The van der Waals surface area contributed by atoms with Crippen LogP contribution in [0.25, 0.3) is 6.08 Å². The second-order valence-electron chi connectivity index (χ2n) is 4.71. The maximum Gasteiger partial charge on any atom is 0.229 e. The smallest absolute Gasteiger partial charge is 0.229 e. The Kier molecular flexibility index (Phi) is 4.72. The number of carbonyl (C=O) groups is 1. The predicted molar refractivity (Wildman–Crippen MR) is 84.7 cm³/mol. The molecule has 6 heteroatoms. The summed E-state index contributed by atoms with van der Waals surface area (Å²) in [5.41, 5.74) is 1.22. The first kappa shape index (κ1) is 15.9. The SMILES string of the molecule is CS(=O)(=O)Nc1cccc(C(=O)C=Cc2cccc(F)c2)c1. The molecule has 0 heterocycles. The van der Waals surface area contributed by atoms with Crippen molar-refractivity contribution in [3.8, 4) is 0 Å². The number of anilines is 1. The minimum absolute atomic E-state index is 0.304.